The highest BCUT2D eigenvalue weighted by Crippen LogP contribution is 2.48. The van der Waals surface area contributed by atoms with Gasteiger partial charge in [0.05, 0.1) is 0 Å². The summed E-state index contributed by atoms with van der Waals surface area (Å²) in [4.78, 5) is 23.4. The maximum atomic E-state index is 13.0. The van der Waals surface area contributed by atoms with Gasteiger partial charge in [-0.2, -0.15) is 4.98 Å². The summed E-state index contributed by atoms with van der Waals surface area (Å²) in [7, 11) is 0. The van der Waals surface area contributed by atoms with E-state index in [0.29, 0.717) is 23.5 Å². The molecule has 1 unspecified atom stereocenters. The molecule has 4 aromatic rings. The van der Waals surface area contributed by atoms with Gasteiger partial charge in [0.1, 0.15) is 0 Å². The molecule has 6 nitrogen and oxygen atoms in total. The highest BCUT2D eigenvalue weighted by Gasteiger charge is 2.43. The van der Waals surface area contributed by atoms with Gasteiger partial charge in [0, 0.05) is 25.5 Å². The average molecular weight is 409 g/mol. The van der Waals surface area contributed by atoms with E-state index >= 15 is 0 Å². The van der Waals surface area contributed by atoms with E-state index in [1.165, 1.54) is 16.7 Å². The van der Waals surface area contributed by atoms with Gasteiger partial charge in [-0.1, -0.05) is 54.6 Å². The zero-order valence-corrected chi connectivity index (χ0v) is 17.1. The second kappa shape index (κ2) is 7.30. The number of nitrogens with zero attached hydrogens (tertiary/aromatic N) is 5. The molecule has 2 fully saturated rings. The first-order chi connectivity index (χ1) is 15.3. The van der Waals surface area contributed by atoms with Gasteiger partial charge in [-0.05, 0) is 53.4 Å². The molecular weight excluding hydrogens is 386 g/mol. The van der Waals surface area contributed by atoms with Crippen LogP contribution in [0.15, 0.2) is 73.1 Å². The Morgan fingerprint density at radius 1 is 0.903 bits per heavy atom. The van der Waals surface area contributed by atoms with E-state index in [2.05, 4.69) is 69.7 Å². The van der Waals surface area contributed by atoms with E-state index in [-0.39, 0.29) is 11.7 Å². The van der Waals surface area contributed by atoms with Crippen molar-refractivity contribution >= 4 is 11.7 Å². The van der Waals surface area contributed by atoms with Crippen LogP contribution in [0.1, 0.15) is 34.9 Å². The molecule has 1 aliphatic heterocycles. The molecule has 0 spiro atoms. The lowest BCUT2D eigenvalue weighted by Crippen LogP contribution is -2.30. The number of carbonyl (C=O) groups is 1. The van der Waals surface area contributed by atoms with Crippen LogP contribution in [0.3, 0.4) is 0 Å². The zero-order valence-electron chi connectivity index (χ0n) is 17.1. The van der Waals surface area contributed by atoms with Gasteiger partial charge in [0.15, 0.2) is 0 Å². The van der Waals surface area contributed by atoms with E-state index < -0.39 is 0 Å². The molecule has 0 radical (unpaired) electrons. The van der Waals surface area contributed by atoms with Crippen LogP contribution < -0.4 is 0 Å². The number of amides is 1. The van der Waals surface area contributed by atoms with Crippen LogP contribution in [-0.4, -0.2) is 43.5 Å². The molecule has 1 saturated carbocycles. The van der Waals surface area contributed by atoms with E-state index in [9.17, 15) is 4.79 Å². The molecule has 2 aromatic carbocycles. The Kier molecular flexibility index (Phi) is 4.30. The van der Waals surface area contributed by atoms with Crippen LogP contribution in [0.5, 0.6) is 0 Å². The third-order valence-electron chi connectivity index (χ3n) is 6.83. The highest BCUT2D eigenvalue weighted by molar-refractivity contribution is 5.91. The van der Waals surface area contributed by atoms with Crippen molar-refractivity contribution < 1.29 is 4.79 Å². The summed E-state index contributed by atoms with van der Waals surface area (Å²) in [6.45, 7) is 1.58. The Balaban J connectivity index is 1.19. The van der Waals surface area contributed by atoms with Crippen LogP contribution in [0, 0.1) is 11.8 Å². The highest BCUT2D eigenvalue weighted by atomic mass is 16.2. The molecule has 2 aliphatic rings. The van der Waals surface area contributed by atoms with Crippen molar-refractivity contribution in [2.24, 2.45) is 11.8 Å². The minimum atomic E-state index is -0.0823. The second-order valence-electron chi connectivity index (χ2n) is 8.65. The van der Waals surface area contributed by atoms with Crippen molar-refractivity contribution in [1.82, 2.24) is 24.5 Å². The standard InChI is InChI=1S/C25H23N5O/c31-24(23-27-25-26-11-6-12-30(25)28-23)29-15-19-13-18(14-20(19)16-29)22-10-5-4-9-21(22)17-7-2-1-3-8-17/h1-12,18-20H,13-16H2/t18?,19-,20+. The molecule has 6 heteroatoms. The summed E-state index contributed by atoms with van der Waals surface area (Å²) in [6.07, 6.45) is 5.67. The number of hydrogen-bond acceptors (Lipinski definition) is 4. The summed E-state index contributed by atoms with van der Waals surface area (Å²) in [6, 6.07) is 21.2. The summed E-state index contributed by atoms with van der Waals surface area (Å²) in [5.41, 5.74) is 4.05. The minimum Gasteiger partial charge on any atom is -0.335 e. The zero-order chi connectivity index (χ0) is 20.8. The van der Waals surface area contributed by atoms with Crippen molar-refractivity contribution in [3.05, 3.63) is 84.4 Å². The maximum Gasteiger partial charge on any atom is 0.293 e. The average Bonchev–Trinajstić information content (AvgIpc) is 3.52. The van der Waals surface area contributed by atoms with Gasteiger partial charge in [0.2, 0.25) is 5.82 Å². The summed E-state index contributed by atoms with van der Waals surface area (Å²) >= 11 is 0. The van der Waals surface area contributed by atoms with E-state index in [0.717, 1.165) is 25.9 Å². The lowest BCUT2D eigenvalue weighted by molar-refractivity contribution is 0.0768. The first-order valence-corrected chi connectivity index (χ1v) is 10.9. The Hall–Kier alpha value is -3.54. The van der Waals surface area contributed by atoms with E-state index in [1.807, 2.05) is 4.90 Å². The van der Waals surface area contributed by atoms with Crippen molar-refractivity contribution in [3.8, 4) is 11.1 Å². The molecule has 2 aromatic heterocycles. The largest absolute Gasteiger partial charge is 0.335 e. The second-order valence-corrected chi connectivity index (χ2v) is 8.65. The predicted molar refractivity (Wildman–Crippen MR) is 118 cm³/mol. The van der Waals surface area contributed by atoms with Crippen LogP contribution in [0.4, 0.5) is 0 Å². The van der Waals surface area contributed by atoms with Crippen molar-refractivity contribution in [2.45, 2.75) is 18.8 Å². The van der Waals surface area contributed by atoms with Crippen molar-refractivity contribution in [3.63, 3.8) is 0 Å². The van der Waals surface area contributed by atoms with Gasteiger partial charge in [-0.25, -0.2) is 9.50 Å². The minimum absolute atomic E-state index is 0.0823. The fourth-order valence-corrected chi connectivity index (χ4v) is 5.42. The summed E-state index contributed by atoms with van der Waals surface area (Å²) in [5.74, 6) is 2.23. The number of benzene rings is 2. The first kappa shape index (κ1) is 18.2. The Labute approximate surface area is 180 Å². The number of aromatic nitrogens is 4. The lowest BCUT2D eigenvalue weighted by Gasteiger charge is -2.20. The fraction of sp³-hybridized carbons (Fsp3) is 0.280. The van der Waals surface area contributed by atoms with Gasteiger partial charge in [0.25, 0.3) is 11.7 Å². The van der Waals surface area contributed by atoms with Crippen molar-refractivity contribution in [2.75, 3.05) is 13.1 Å². The number of hydrogen-bond donors (Lipinski definition) is 0. The molecule has 6 rings (SSSR count). The normalized spacial score (nSPS) is 22.7. The molecule has 0 N–H and O–H groups in total. The third-order valence-corrected chi connectivity index (χ3v) is 6.83. The monoisotopic (exact) mass is 409 g/mol. The maximum absolute atomic E-state index is 13.0. The number of rotatable bonds is 3. The molecule has 1 aliphatic carbocycles. The Morgan fingerprint density at radius 2 is 1.65 bits per heavy atom. The smallest absolute Gasteiger partial charge is 0.293 e. The number of likely N-dealkylation sites (tertiary alicyclic amines) is 1. The number of carbonyl (C=O) groups excluding carboxylic acids is 1. The fourth-order valence-electron chi connectivity index (χ4n) is 5.42. The first-order valence-electron chi connectivity index (χ1n) is 10.9. The molecule has 154 valence electrons. The third kappa shape index (κ3) is 3.19. The quantitative estimate of drug-likeness (QED) is 0.512. The van der Waals surface area contributed by atoms with Crippen LogP contribution in [-0.2, 0) is 0 Å². The Bertz CT molecular complexity index is 1200. The van der Waals surface area contributed by atoms with Crippen LogP contribution >= 0.6 is 0 Å². The van der Waals surface area contributed by atoms with Gasteiger partial charge < -0.3 is 4.90 Å². The molecule has 0 bridgehead atoms. The van der Waals surface area contributed by atoms with E-state index in [1.54, 1.807) is 23.0 Å². The van der Waals surface area contributed by atoms with E-state index in [4.69, 9.17) is 0 Å². The summed E-state index contributed by atoms with van der Waals surface area (Å²) < 4.78 is 1.56. The molecule has 31 heavy (non-hydrogen) atoms. The summed E-state index contributed by atoms with van der Waals surface area (Å²) in [5, 5.41) is 4.31. The van der Waals surface area contributed by atoms with Crippen LogP contribution in [0.25, 0.3) is 16.9 Å². The molecule has 3 atom stereocenters. The Morgan fingerprint density at radius 3 is 2.42 bits per heavy atom. The van der Waals surface area contributed by atoms with Crippen molar-refractivity contribution in [1.29, 1.82) is 0 Å². The van der Waals surface area contributed by atoms with Gasteiger partial charge >= 0.3 is 0 Å². The molecule has 3 heterocycles. The van der Waals surface area contributed by atoms with Gasteiger partial charge in [-0.3, -0.25) is 4.79 Å². The number of fused-ring (bicyclic) bond motifs is 2. The lowest BCUT2D eigenvalue weighted by atomic mass is 9.88. The van der Waals surface area contributed by atoms with Gasteiger partial charge in [-0.15, -0.1) is 5.10 Å². The predicted octanol–water partition coefficient (Wildman–Crippen LogP) is 4.06. The molecule has 1 amide bonds. The molecular formula is C25H23N5O. The van der Waals surface area contributed by atoms with Crippen LogP contribution in [0.2, 0.25) is 0 Å². The SMILES string of the molecule is O=C(c1nc2ncccn2n1)N1C[C@H]2CC(c3ccccc3-c3ccccc3)C[C@H]2C1. The topological polar surface area (TPSA) is 63.4 Å². The molecule has 1 saturated heterocycles.